The summed E-state index contributed by atoms with van der Waals surface area (Å²) in [5, 5.41) is 27.0. The number of aliphatic hydroxyl groups is 1. The molecule has 9 heteroatoms. The fraction of sp³-hybridized carbons (Fsp3) is 0.562. The number of hydrogen-bond acceptors (Lipinski definition) is 7. The van der Waals surface area contributed by atoms with Crippen LogP contribution in [0.5, 0.6) is 5.75 Å². The summed E-state index contributed by atoms with van der Waals surface area (Å²) < 4.78 is 6.35. The predicted molar refractivity (Wildman–Crippen MR) is 162 cm³/mol. The van der Waals surface area contributed by atoms with Crippen molar-refractivity contribution in [2.45, 2.75) is 58.3 Å². The van der Waals surface area contributed by atoms with Crippen LogP contribution in [0.1, 0.15) is 56.5 Å². The number of nitrogens with zero attached hydrogens (tertiary/aromatic N) is 3. The largest absolute Gasteiger partial charge is 0.489 e. The van der Waals surface area contributed by atoms with Crippen LogP contribution in [0.3, 0.4) is 0 Å². The Balaban J connectivity index is 1.15. The first-order valence-corrected chi connectivity index (χ1v) is 15.0. The molecule has 2 aromatic rings. The number of piperazine rings is 1. The quantitative estimate of drug-likeness (QED) is 0.455. The van der Waals surface area contributed by atoms with Gasteiger partial charge < -0.3 is 25.4 Å². The van der Waals surface area contributed by atoms with E-state index in [0.29, 0.717) is 21.9 Å². The fourth-order valence-corrected chi connectivity index (χ4v) is 7.48. The van der Waals surface area contributed by atoms with Gasteiger partial charge in [0.1, 0.15) is 17.9 Å². The minimum atomic E-state index is -0.574. The van der Waals surface area contributed by atoms with Crippen molar-refractivity contribution in [3.05, 3.63) is 58.6 Å². The molecule has 2 saturated heterocycles. The van der Waals surface area contributed by atoms with E-state index in [1.807, 2.05) is 24.3 Å². The van der Waals surface area contributed by atoms with Crippen LogP contribution < -0.4 is 20.3 Å². The van der Waals surface area contributed by atoms with Crippen molar-refractivity contribution in [3.63, 3.8) is 0 Å². The maximum atomic E-state index is 13.3. The van der Waals surface area contributed by atoms with Crippen molar-refractivity contribution in [2.24, 2.45) is 10.8 Å². The van der Waals surface area contributed by atoms with Gasteiger partial charge in [0, 0.05) is 66.9 Å². The summed E-state index contributed by atoms with van der Waals surface area (Å²) >= 11 is 6.21. The van der Waals surface area contributed by atoms with Gasteiger partial charge in [-0.05, 0) is 62.3 Å². The van der Waals surface area contributed by atoms with Crippen molar-refractivity contribution in [3.8, 4) is 11.8 Å². The number of benzene rings is 2. The van der Waals surface area contributed by atoms with Gasteiger partial charge in [0.25, 0.3) is 5.91 Å². The van der Waals surface area contributed by atoms with E-state index in [-0.39, 0.29) is 28.9 Å². The van der Waals surface area contributed by atoms with Gasteiger partial charge in [-0.1, -0.05) is 39.3 Å². The SMILES string of the molecule is CC1(C)C(NC(=O)c2ccc(N3CCN(CC4(O)CCNCC4)CC3)cc2)C(C)(C)C1Oc1ccc(C#N)c(Cl)c1. The van der Waals surface area contributed by atoms with E-state index in [1.54, 1.807) is 18.2 Å². The summed E-state index contributed by atoms with van der Waals surface area (Å²) in [4.78, 5) is 18.0. The van der Waals surface area contributed by atoms with Gasteiger partial charge in [-0.25, -0.2) is 0 Å². The molecular formula is C32H42ClN5O3. The van der Waals surface area contributed by atoms with E-state index in [4.69, 9.17) is 21.6 Å². The van der Waals surface area contributed by atoms with E-state index in [0.717, 1.165) is 64.3 Å². The summed E-state index contributed by atoms with van der Waals surface area (Å²) in [6.07, 6.45) is 1.47. The number of carbonyl (C=O) groups excluding carboxylic acids is 1. The van der Waals surface area contributed by atoms with Gasteiger partial charge in [0.15, 0.2) is 0 Å². The number of halogens is 1. The van der Waals surface area contributed by atoms with Crippen LogP contribution in [0.2, 0.25) is 5.02 Å². The number of amides is 1. The second-order valence-electron chi connectivity index (χ2n) is 13.1. The number of β-amino-alcohol motifs (C(OH)–C–C–N with tert-alkyl or cyclic N) is 1. The molecule has 0 unspecified atom stereocenters. The molecule has 5 rings (SSSR count). The molecular weight excluding hydrogens is 538 g/mol. The highest BCUT2D eigenvalue weighted by molar-refractivity contribution is 6.31. The number of piperidine rings is 1. The molecule has 8 nitrogen and oxygen atoms in total. The predicted octanol–water partition coefficient (Wildman–Crippen LogP) is 4.06. The Bertz CT molecular complexity index is 1280. The molecule has 3 N–H and O–H groups in total. The highest BCUT2D eigenvalue weighted by Gasteiger charge is 2.64. The van der Waals surface area contributed by atoms with Crippen molar-refractivity contribution < 1.29 is 14.6 Å². The van der Waals surface area contributed by atoms with E-state index in [2.05, 4.69) is 54.2 Å². The van der Waals surface area contributed by atoms with Gasteiger partial charge in [-0.15, -0.1) is 0 Å². The lowest BCUT2D eigenvalue weighted by Crippen LogP contribution is -2.74. The minimum Gasteiger partial charge on any atom is -0.489 e. The fourth-order valence-electron chi connectivity index (χ4n) is 7.26. The monoisotopic (exact) mass is 579 g/mol. The third-order valence-corrected chi connectivity index (χ3v) is 9.66. The molecule has 2 aromatic carbocycles. The molecule has 3 aliphatic rings. The molecule has 0 aromatic heterocycles. The Kier molecular flexibility index (Phi) is 8.28. The zero-order valence-electron chi connectivity index (χ0n) is 24.5. The summed E-state index contributed by atoms with van der Waals surface area (Å²) in [6, 6.07) is 15.0. The summed E-state index contributed by atoms with van der Waals surface area (Å²) in [5.74, 6) is 0.520. The molecule has 1 saturated carbocycles. The molecule has 41 heavy (non-hydrogen) atoms. The lowest BCUT2D eigenvalue weighted by molar-refractivity contribution is -0.164. The van der Waals surface area contributed by atoms with Crippen molar-refractivity contribution in [1.29, 1.82) is 5.26 Å². The maximum Gasteiger partial charge on any atom is 0.251 e. The topological polar surface area (TPSA) is 101 Å². The van der Waals surface area contributed by atoms with Gasteiger partial charge >= 0.3 is 0 Å². The number of hydrogen-bond donors (Lipinski definition) is 3. The first-order chi connectivity index (χ1) is 19.4. The second-order valence-corrected chi connectivity index (χ2v) is 13.5. The highest BCUT2D eigenvalue weighted by atomic mass is 35.5. The van der Waals surface area contributed by atoms with E-state index in [1.165, 1.54) is 0 Å². The Morgan fingerprint density at radius 1 is 1.07 bits per heavy atom. The Morgan fingerprint density at radius 3 is 2.29 bits per heavy atom. The molecule has 1 amide bonds. The third kappa shape index (κ3) is 6.05. The van der Waals surface area contributed by atoms with E-state index in [9.17, 15) is 9.90 Å². The number of carbonyl (C=O) groups is 1. The summed E-state index contributed by atoms with van der Waals surface area (Å²) in [5.41, 5.74) is 0.948. The smallest absolute Gasteiger partial charge is 0.251 e. The summed E-state index contributed by atoms with van der Waals surface area (Å²) in [6.45, 7) is 14.6. The zero-order chi connectivity index (χ0) is 29.4. The molecule has 0 bridgehead atoms. The van der Waals surface area contributed by atoms with Crippen LogP contribution >= 0.6 is 11.6 Å². The van der Waals surface area contributed by atoms with Crippen LogP contribution in [0.4, 0.5) is 5.69 Å². The number of anilines is 1. The molecule has 220 valence electrons. The van der Waals surface area contributed by atoms with Gasteiger partial charge in [0.2, 0.25) is 0 Å². The van der Waals surface area contributed by atoms with Crippen LogP contribution in [-0.4, -0.2) is 79.5 Å². The van der Waals surface area contributed by atoms with Crippen LogP contribution in [-0.2, 0) is 0 Å². The Morgan fingerprint density at radius 2 is 1.71 bits per heavy atom. The van der Waals surface area contributed by atoms with Crippen molar-refractivity contribution in [1.82, 2.24) is 15.5 Å². The van der Waals surface area contributed by atoms with Crippen LogP contribution in [0.15, 0.2) is 42.5 Å². The lowest BCUT2D eigenvalue weighted by Gasteiger charge is -2.63. The first-order valence-electron chi connectivity index (χ1n) is 14.6. The molecule has 0 atom stereocenters. The summed E-state index contributed by atoms with van der Waals surface area (Å²) in [7, 11) is 0. The molecule has 2 aliphatic heterocycles. The molecule has 3 fully saturated rings. The maximum absolute atomic E-state index is 13.3. The lowest BCUT2D eigenvalue weighted by atomic mass is 9.49. The number of ether oxygens (including phenoxy) is 1. The van der Waals surface area contributed by atoms with Crippen molar-refractivity contribution in [2.75, 3.05) is 50.7 Å². The number of rotatable bonds is 7. The van der Waals surface area contributed by atoms with E-state index >= 15 is 0 Å². The van der Waals surface area contributed by atoms with Crippen molar-refractivity contribution >= 4 is 23.2 Å². The van der Waals surface area contributed by atoms with Gasteiger partial charge in [-0.3, -0.25) is 9.69 Å². The Hall–Kier alpha value is -2.83. The molecule has 2 heterocycles. The number of nitrogens with one attached hydrogen (secondary N) is 2. The van der Waals surface area contributed by atoms with E-state index < -0.39 is 5.60 Å². The average Bonchev–Trinajstić information content (AvgIpc) is 2.95. The van der Waals surface area contributed by atoms with Gasteiger partial charge in [0.05, 0.1) is 16.2 Å². The normalized spacial score (nSPS) is 25.0. The third-order valence-electron chi connectivity index (χ3n) is 9.35. The molecule has 1 aliphatic carbocycles. The molecule has 0 spiro atoms. The first kappa shape index (κ1) is 29.7. The second kappa shape index (κ2) is 11.4. The molecule has 0 radical (unpaired) electrons. The Labute approximate surface area is 248 Å². The zero-order valence-corrected chi connectivity index (χ0v) is 25.3. The van der Waals surface area contributed by atoms with Crippen LogP contribution in [0.25, 0.3) is 0 Å². The standard InChI is InChI=1S/C32H42ClN5O3/c1-30(2)28(31(3,4)29(30)41-25-10-7-23(20-34)26(33)19-25)36-27(39)22-5-8-24(9-6-22)38-17-15-37(16-18-38)21-32(40)11-13-35-14-12-32/h5-10,19,28-29,35,40H,11-18,21H2,1-4H3,(H,36,39). The minimum absolute atomic E-state index is 0.0936. The average molecular weight is 580 g/mol. The van der Waals surface area contributed by atoms with Gasteiger partial charge in [-0.2, -0.15) is 5.26 Å². The highest BCUT2D eigenvalue weighted by Crippen LogP contribution is 2.55. The van der Waals surface area contributed by atoms with Crippen LogP contribution in [0, 0.1) is 22.2 Å². The number of nitriles is 1.